The van der Waals surface area contributed by atoms with E-state index in [1.807, 2.05) is 17.7 Å². The number of aliphatic hydroxyl groups excluding tert-OH is 1. The summed E-state index contributed by atoms with van der Waals surface area (Å²) < 4.78 is 1.98. The second-order valence-electron chi connectivity index (χ2n) is 3.47. The van der Waals surface area contributed by atoms with Crippen LogP contribution in [0.2, 0.25) is 0 Å². The quantitative estimate of drug-likeness (QED) is 0.815. The molecule has 14 heavy (non-hydrogen) atoms. The number of hydrogen-bond donors (Lipinski definition) is 1. The van der Waals surface area contributed by atoms with Gasteiger partial charge < -0.3 is 9.67 Å². The number of imidazole rings is 1. The van der Waals surface area contributed by atoms with Crippen molar-refractivity contribution in [2.24, 2.45) is 0 Å². The molecule has 0 spiro atoms. The van der Waals surface area contributed by atoms with Crippen molar-refractivity contribution in [1.82, 2.24) is 9.55 Å². The van der Waals surface area contributed by atoms with Crippen LogP contribution in [0.3, 0.4) is 0 Å². The Morgan fingerprint density at radius 1 is 1.57 bits per heavy atom. The molecule has 0 fully saturated rings. The summed E-state index contributed by atoms with van der Waals surface area (Å²) in [6.07, 6.45) is 3.19. The van der Waals surface area contributed by atoms with Gasteiger partial charge in [0.05, 0.1) is 0 Å². The molecule has 0 aromatic carbocycles. The molecule has 1 atom stereocenters. The van der Waals surface area contributed by atoms with Crippen LogP contribution in [0.1, 0.15) is 32.7 Å². The molecule has 1 rings (SSSR count). The van der Waals surface area contributed by atoms with Gasteiger partial charge in [-0.05, 0) is 12.2 Å². The lowest BCUT2D eigenvalue weighted by Crippen LogP contribution is -2.10. The zero-order chi connectivity index (χ0) is 10.6. The zero-order valence-corrected chi connectivity index (χ0v) is 9.79. The van der Waals surface area contributed by atoms with E-state index in [2.05, 4.69) is 18.8 Å². The molecule has 3 nitrogen and oxygen atoms in total. The van der Waals surface area contributed by atoms with E-state index >= 15 is 0 Å². The minimum Gasteiger partial charge on any atom is -0.384 e. The molecule has 0 saturated carbocycles. The monoisotopic (exact) mass is 214 g/mol. The minimum absolute atomic E-state index is 0.447. The number of hydrogen-bond acceptors (Lipinski definition) is 3. The summed E-state index contributed by atoms with van der Waals surface area (Å²) in [5.41, 5.74) is 0. The largest absolute Gasteiger partial charge is 0.384 e. The molecule has 0 bridgehead atoms. The van der Waals surface area contributed by atoms with Crippen molar-refractivity contribution in [2.45, 2.75) is 38.7 Å². The maximum absolute atomic E-state index is 9.87. The van der Waals surface area contributed by atoms with E-state index in [4.69, 9.17) is 0 Å². The number of aryl methyl sites for hydroxylation is 1. The maximum atomic E-state index is 9.87. The summed E-state index contributed by atoms with van der Waals surface area (Å²) in [4.78, 5) is 4.16. The van der Waals surface area contributed by atoms with E-state index in [-0.39, 0.29) is 0 Å². The molecule has 0 radical (unpaired) electrons. The fourth-order valence-electron chi connectivity index (χ4n) is 1.24. The van der Waals surface area contributed by atoms with Crippen LogP contribution in [0.15, 0.2) is 12.4 Å². The van der Waals surface area contributed by atoms with Crippen molar-refractivity contribution >= 4 is 11.8 Å². The Balaban J connectivity index is 2.55. The van der Waals surface area contributed by atoms with Gasteiger partial charge in [0.2, 0.25) is 0 Å². The van der Waals surface area contributed by atoms with E-state index in [0.717, 1.165) is 12.4 Å². The van der Waals surface area contributed by atoms with E-state index < -0.39 is 6.10 Å². The molecule has 1 N–H and O–H groups in total. The first-order chi connectivity index (χ1) is 6.65. The lowest BCUT2D eigenvalue weighted by atomic mass is 10.4. The van der Waals surface area contributed by atoms with E-state index in [0.29, 0.717) is 11.0 Å². The SMILES string of the molecule is CCn1ccnc1C(O)CSC(C)C. The summed E-state index contributed by atoms with van der Waals surface area (Å²) in [6, 6.07) is 0. The third kappa shape index (κ3) is 3.03. The van der Waals surface area contributed by atoms with Crippen molar-refractivity contribution in [3.05, 3.63) is 18.2 Å². The summed E-state index contributed by atoms with van der Waals surface area (Å²) >= 11 is 1.75. The van der Waals surface area contributed by atoms with Gasteiger partial charge in [0.1, 0.15) is 11.9 Å². The average Bonchev–Trinajstić information content (AvgIpc) is 2.61. The summed E-state index contributed by atoms with van der Waals surface area (Å²) in [5, 5.41) is 10.4. The lowest BCUT2D eigenvalue weighted by Gasteiger charge is -2.12. The first kappa shape index (κ1) is 11.6. The second kappa shape index (κ2) is 5.41. The van der Waals surface area contributed by atoms with Gasteiger partial charge in [-0.15, -0.1) is 0 Å². The van der Waals surface area contributed by atoms with E-state index in [1.165, 1.54) is 0 Å². The average molecular weight is 214 g/mol. The fraction of sp³-hybridized carbons (Fsp3) is 0.700. The Hall–Kier alpha value is -0.480. The van der Waals surface area contributed by atoms with Gasteiger partial charge in [-0.1, -0.05) is 13.8 Å². The molecule has 1 unspecified atom stereocenters. The molecular weight excluding hydrogens is 196 g/mol. The molecule has 1 aromatic rings. The van der Waals surface area contributed by atoms with Crippen molar-refractivity contribution in [2.75, 3.05) is 5.75 Å². The van der Waals surface area contributed by atoms with Crippen LogP contribution >= 0.6 is 11.8 Å². The van der Waals surface area contributed by atoms with Gasteiger partial charge in [-0.3, -0.25) is 0 Å². The van der Waals surface area contributed by atoms with Crippen molar-refractivity contribution in [3.63, 3.8) is 0 Å². The number of aromatic nitrogens is 2. The molecule has 80 valence electrons. The van der Waals surface area contributed by atoms with Gasteiger partial charge in [-0.25, -0.2) is 4.98 Å². The van der Waals surface area contributed by atoms with Crippen LogP contribution < -0.4 is 0 Å². The van der Waals surface area contributed by atoms with Gasteiger partial charge in [0.25, 0.3) is 0 Å². The lowest BCUT2D eigenvalue weighted by molar-refractivity contribution is 0.188. The molecule has 1 aromatic heterocycles. The smallest absolute Gasteiger partial charge is 0.138 e. The van der Waals surface area contributed by atoms with Gasteiger partial charge in [-0.2, -0.15) is 11.8 Å². The predicted molar refractivity (Wildman–Crippen MR) is 60.5 cm³/mol. The predicted octanol–water partition coefficient (Wildman–Crippen LogP) is 2.08. The molecule has 4 heteroatoms. The summed E-state index contributed by atoms with van der Waals surface area (Å²) in [5.74, 6) is 1.50. The van der Waals surface area contributed by atoms with Crippen molar-refractivity contribution in [1.29, 1.82) is 0 Å². The molecule has 0 aliphatic heterocycles. The van der Waals surface area contributed by atoms with Crippen LogP contribution in [0.5, 0.6) is 0 Å². The number of thioether (sulfide) groups is 1. The molecule has 0 aliphatic carbocycles. The van der Waals surface area contributed by atoms with Crippen LogP contribution in [-0.2, 0) is 6.54 Å². The Labute approximate surface area is 89.5 Å². The van der Waals surface area contributed by atoms with E-state index in [9.17, 15) is 5.11 Å². The highest BCUT2D eigenvalue weighted by Crippen LogP contribution is 2.19. The Morgan fingerprint density at radius 3 is 2.86 bits per heavy atom. The Kier molecular flexibility index (Phi) is 4.48. The molecule has 0 aliphatic rings. The normalized spacial score (nSPS) is 13.5. The summed E-state index contributed by atoms with van der Waals surface area (Å²) in [6.45, 7) is 7.17. The highest BCUT2D eigenvalue weighted by atomic mass is 32.2. The third-order valence-electron chi connectivity index (χ3n) is 1.97. The second-order valence-corrected chi connectivity index (χ2v) is 5.08. The van der Waals surface area contributed by atoms with E-state index in [1.54, 1.807) is 18.0 Å². The van der Waals surface area contributed by atoms with Crippen molar-refractivity contribution in [3.8, 4) is 0 Å². The third-order valence-corrected chi connectivity index (χ3v) is 3.15. The summed E-state index contributed by atoms with van der Waals surface area (Å²) in [7, 11) is 0. The van der Waals surface area contributed by atoms with Gasteiger partial charge >= 0.3 is 0 Å². The van der Waals surface area contributed by atoms with Crippen LogP contribution in [0, 0.1) is 0 Å². The van der Waals surface area contributed by atoms with Crippen LogP contribution in [0.4, 0.5) is 0 Å². The number of rotatable bonds is 5. The van der Waals surface area contributed by atoms with Gasteiger partial charge in [0.15, 0.2) is 0 Å². The molecule has 0 saturated heterocycles. The van der Waals surface area contributed by atoms with Gasteiger partial charge in [0, 0.05) is 24.7 Å². The minimum atomic E-state index is -0.447. The Morgan fingerprint density at radius 2 is 2.29 bits per heavy atom. The first-order valence-corrected chi connectivity index (χ1v) is 6.00. The van der Waals surface area contributed by atoms with Crippen molar-refractivity contribution < 1.29 is 5.11 Å². The highest BCUT2D eigenvalue weighted by Gasteiger charge is 2.13. The Bertz CT molecular complexity index is 273. The van der Waals surface area contributed by atoms with Crippen LogP contribution in [0.25, 0.3) is 0 Å². The molecule has 0 amide bonds. The fourth-order valence-corrected chi connectivity index (χ4v) is 1.96. The standard InChI is InChI=1S/C10H18N2OS/c1-4-12-6-5-11-10(12)9(13)7-14-8(2)3/h5-6,8-9,13H,4,7H2,1-3H3. The van der Waals surface area contributed by atoms with Crippen LogP contribution in [-0.4, -0.2) is 25.7 Å². The maximum Gasteiger partial charge on any atom is 0.138 e. The first-order valence-electron chi connectivity index (χ1n) is 4.95. The highest BCUT2D eigenvalue weighted by molar-refractivity contribution is 7.99. The number of nitrogens with zero attached hydrogens (tertiary/aromatic N) is 2. The zero-order valence-electron chi connectivity index (χ0n) is 8.97. The number of aliphatic hydroxyl groups is 1. The molecular formula is C10H18N2OS. The molecule has 1 heterocycles. The topological polar surface area (TPSA) is 38.0 Å².